The first kappa shape index (κ1) is 19.4. The molecule has 0 radical (unpaired) electrons. The van der Waals surface area contributed by atoms with Gasteiger partial charge in [0.25, 0.3) is 0 Å². The average molecular weight is 364 g/mol. The highest BCUT2D eigenvalue weighted by Crippen LogP contribution is 2.18. The van der Waals surface area contributed by atoms with E-state index in [0.29, 0.717) is 19.8 Å². The van der Waals surface area contributed by atoms with E-state index in [9.17, 15) is 13.2 Å². The van der Waals surface area contributed by atoms with Crippen LogP contribution in [0.1, 0.15) is 19.8 Å². The van der Waals surface area contributed by atoms with Crippen LogP contribution < -0.4 is 10.0 Å². The van der Waals surface area contributed by atoms with Gasteiger partial charge in [-0.25, -0.2) is 13.1 Å². The quantitative estimate of drug-likeness (QED) is 0.632. The highest BCUT2D eigenvalue weighted by molar-refractivity contribution is 7.89. The van der Waals surface area contributed by atoms with Crippen molar-refractivity contribution in [1.29, 1.82) is 0 Å². The standard InChI is InChI=1S/C18H24N2O4S/c1-2-24-13-5-11-19-18(21)10-12-20-25(22,23)17-9-8-15-6-3-4-7-16(15)14-17/h3-4,6-9,14,20H,2,5,10-13H2,1H3,(H,19,21). The predicted octanol–water partition coefficient (Wildman–Crippen LogP) is 2.05. The first-order chi connectivity index (χ1) is 12.0. The summed E-state index contributed by atoms with van der Waals surface area (Å²) in [5.74, 6) is -0.183. The molecule has 2 aromatic carbocycles. The first-order valence-corrected chi connectivity index (χ1v) is 9.84. The van der Waals surface area contributed by atoms with Gasteiger partial charge in [0.15, 0.2) is 0 Å². The van der Waals surface area contributed by atoms with E-state index in [1.807, 2.05) is 31.2 Å². The third-order valence-corrected chi connectivity index (χ3v) is 5.13. The predicted molar refractivity (Wildman–Crippen MR) is 97.9 cm³/mol. The Bertz CT molecular complexity index is 806. The normalized spacial score (nSPS) is 11.6. The van der Waals surface area contributed by atoms with Crippen molar-refractivity contribution in [3.05, 3.63) is 42.5 Å². The number of ether oxygens (including phenoxy) is 1. The minimum Gasteiger partial charge on any atom is -0.382 e. The number of fused-ring (bicyclic) bond motifs is 1. The van der Waals surface area contributed by atoms with Crippen LogP contribution in [-0.2, 0) is 19.6 Å². The number of hydrogen-bond acceptors (Lipinski definition) is 4. The van der Waals surface area contributed by atoms with E-state index in [4.69, 9.17) is 4.74 Å². The summed E-state index contributed by atoms with van der Waals surface area (Å²) in [5, 5.41) is 4.58. The Balaban J connectivity index is 1.81. The van der Waals surface area contributed by atoms with Gasteiger partial charge in [0.05, 0.1) is 4.90 Å². The molecule has 0 fully saturated rings. The minimum absolute atomic E-state index is 0.0620. The van der Waals surface area contributed by atoms with Crippen LogP contribution in [0.2, 0.25) is 0 Å². The molecule has 25 heavy (non-hydrogen) atoms. The van der Waals surface area contributed by atoms with Crippen molar-refractivity contribution in [2.45, 2.75) is 24.7 Å². The smallest absolute Gasteiger partial charge is 0.240 e. The van der Waals surface area contributed by atoms with Crippen LogP contribution in [0.4, 0.5) is 0 Å². The maximum Gasteiger partial charge on any atom is 0.240 e. The van der Waals surface area contributed by atoms with E-state index in [1.54, 1.807) is 18.2 Å². The van der Waals surface area contributed by atoms with Gasteiger partial charge in [-0.3, -0.25) is 4.79 Å². The summed E-state index contributed by atoms with van der Waals surface area (Å²) in [6.45, 7) is 3.76. The van der Waals surface area contributed by atoms with Gasteiger partial charge in [-0.15, -0.1) is 0 Å². The van der Waals surface area contributed by atoms with Gasteiger partial charge in [0.1, 0.15) is 0 Å². The van der Waals surface area contributed by atoms with E-state index in [-0.39, 0.29) is 23.8 Å². The number of amides is 1. The molecular weight excluding hydrogens is 340 g/mol. The molecule has 1 amide bonds. The monoisotopic (exact) mass is 364 g/mol. The number of carbonyl (C=O) groups is 1. The maximum atomic E-state index is 12.3. The zero-order valence-electron chi connectivity index (χ0n) is 14.3. The lowest BCUT2D eigenvalue weighted by atomic mass is 10.1. The van der Waals surface area contributed by atoms with Crippen molar-refractivity contribution in [1.82, 2.24) is 10.0 Å². The van der Waals surface area contributed by atoms with Crippen LogP contribution >= 0.6 is 0 Å². The average Bonchev–Trinajstić information content (AvgIpc) is 2.61. The van der Waals surface area contributed by atoms with Crippen molar-refractivity contribution in [2.24, 2.45) is 0 Å². The first-order valence-electron chi connectivity index (χ1n) is 8.36. The van der Waals surface area contributed by atoms with Crippen molar-refractivity contribution < 1.29 is 17.9 Å². The fourth-order valence-corrected chi connectivity index (χ4v) is 3.42. The number of rotatable bonds is 10. The van der Waals surface area contributed by atoms with Gasteiger partial charge < -0.3 is 10.1 Å². The van der Waals surface area contributed by atoms with Gasteiger partial charge in [0, 0.05) is 32.7 Å². The summed E-state index contributed by atoms with van der Waals surface area (Å²) >= 11 is 0. The molecule has 0 bridgehead atoms. The summed E-state index contributed by atoms with van der Waals surface area (Å²) in [4.78, 5) is 11.9. The van der Waals surface area contributed by atoms with Crippen molar-refractivity contribution >= 4 is 26.7 Å². The second-order valence-corrected chi connectivity index (χ2v) is 7.32. The molecule has 0 saturated heterocycles. The zero-order valence-corrected chi connectivity index (χ0v) is 15.1. The lowest BCUT2D eigenvalue weighted by Crippen LogP contribution is -2.31. The number of hydrogen-bond donors (Lipinski definition) is 2. The SMILES string of the molecule is CCOCCCNC(=O)CCNS(=O)(=O)c1ccc2ccccc2c1. The van der Waals surface area contributed by atoms with Gasteiger partial charge in [-0.2, -0.15) is 0 Å². The van der Waals surface area contributed by atoms with E-state index >= 15 is 0 Å². The molecule has 6 nitrogen and oxygen atoms in total. The molecule has 7 heteroatoms. The molecule has 0 aliphatic carbocycles. The van der Waals surface area contributed by atoms with Gasteiger partial charge in [0.2, 0.25) is 15.9 Å². The third kappa shape index (κ3) is 6.12. The topological polar surface area (TPSA) is 84.5 Å². The Labute approximate surface area is 148 Å². The molecule has 0 saturated carbocycles. The van der Waals surface area contributed by atoms with Gasteiger partial charge in [-0.1, -0.05) is 30.3 Å². The van der Waals surface area contributed by atoms with E-state index in [2.05, 4.69) is 10.0 Å². The van der Waals surface area contributed by atoms with E-state index < -0.39 is 10.0 Å². The molecule has 2 aromatic rings. The second kappa shape index (κ2) is 9.50. The van der Waals surface area contributed by atoms with E-state index in [1.165, 1.54) is 0 Å². The van der Waals surface area contributed by atoms with Crippen molar-refractivity contribution in [3.8, 4) is 0 Å². The number of nitrogens with one attached hydrogen (secondary N) is 2. The van der Waals surface area contributed by atoms with Crippen molar-refractivity contribution in [3.63, 3.8) is 0 Å². The van der Waals surface area contributed by atoms with E-state index in [0.717, 1.165) is 17.2 Å². The summed E-state index contributed by atoms with van der Waals surface area (Å²) in [5.41, 5.74) is 0. The van der Waals surface area contributed by atoms with Crippen LogP contribution in [0, 0.1) is 0 Å². The molecule has 0 aromatic heterocycles. The number of benzene rings is 2. The Morgan fingerprint density at radius 1 is 1.08 bits per heavy atom. The maximum absolute atomic E-state index is 12.3. The minimum atomic E-state index is -3.63. The van der Waals surface area contributed by atoms with Crippen LogP contribution in [0.3, 0.4) is 0 Å². The fraction of sp³-hybridized carbons (Fsp3) is 0.389. The van der Waals surface area contributed by atoms with Crippen LogP contribution in [-0.4, -0.2) is 40.6 Å². The third-order valence-electron chi connectivity index (χ3n) is 3.67. The Kier molecular flexibility index (Phi) is 7.36. The van der Waals surface area contributed by atoms with Crippen molar-refractivity contribution in [2.75, 3.05) is 26.3 Å². The molecule has 0 spiro atoms. The van der Waals surface area contributed by atoms with Crippen LogP contribution in [0.25, 0.3) is 10.8 Å². The molecule has 0 aliphatic rings. The summed E-state index contributed by atoms with van der Waals surface area (Å²) in [6, 6.07) is 12.5. The van der Waals surface area contributed by atoms with Crippen LogP contribution in [0.5, 0.6) is 0 Å². The molecule has 0 aliphatic heterocycles. The number of sulfonamides is 1. The largest absolute Gasteiger partial charge is 0.382 e. The Morgan fingerprint density at radius 2 is 1.84 bits per heavy atom. The Morgan fingerprint density at radius 3 is 2.60 bits per heavy atom. The summed E-state index contributed by atoms with van der Waals surface area (Å²) < 4.78 is 32.3. The number of carbonyl (C=O) groups excluding carboxylic acids is 1. The molecule has 0 heterocycles. The highest BCUT2D eigenvalue weighted by Gasteiger charge is 2.14. The lowest BCUT2D eigenvalue weighted by molar-refractivity contribution is -0.120. The van der Waals surface area contributed by atoms with Crippen LogP contribution in [0.15, 0.2) is 47.4 Å². The fourth-order valence-electron chi connectivity index (χ4n) is 2.35. The van der Waals surface area contributed by atoms with Gasteiger partial charge >= 0.3 is 0 Å². The zero-order chi connectivity index (χ0) is 18.1. The lowest BCUT2D eigenvalue weighted by Gasteiger charge is -2.08. The van der Waals surface area contributed by atoms with Gasteiger partial charge in [-0.05, 0) is 36.2 Å². The molecular formula is C18H24N2O4S. The second-order valence-electron chi connectivity index (χ2n) is 5.56. The Hall–Kier alpha value is -1.96. The molecule has 2 rings (SSSR count). The molecule has 0 unspecified atom stereocenters. The summed E-state index contributed by atoms with van der Waals surface area (Å²) in [6.07, 6.45) is 0.837. The highest BCUT2D eigenvalue weighted by atomic mass is 32.2. The molecule has 136 valence electrons. The molecule has 0 atom stereocenters. The summed E-state index contributed by atoms with van der Waals surface area (Å²) in [7, 11) is -3.63. The molecule has 2 N–H and O–H groups in total.